The van der Waals surface area contributed by atoms with Crippen molar-refractivity contribution in [2.75, 3.05) is 19.7 Å². The second-order valence-electron chi connectivity index (χ2n) is 4.59. The van der Waals surface area contributed by atoms with E-state index in [1.165, 1.54) is 12.1 Å². The molecule has 0 aliphatic heterocycles. The first kappa shape index (κ1) is 17.6. The van der Waals surface area contributed by atoms with Crippen molar-refractivity contribution in [1.29, 1.82) is 0 Å². The minimum absolute atomic E-state index is 0.137. The first-order valence-corrected chi connectivity index (χ1v) is 8.28. The molecule has 0 fully saturated rings. The van der Waals surface area contributed by atoms with Gasteiger partial charge < -0.3 is 10.5 Å². The highest BCUT2D eigenvalue weighted by Gasteiger charge is 2.25. The summed E-state index contributed by atoms with van der Waals surface area (Å²) in [5.41, 5.74) is 6.59. The number of nitrogens with two attached hydrogens (primary N) is 1. The minimum Gasteiger partial charge on any atom is -0.465 e. The molecule has 2 N–H and O–H groups in total. The lowest BCUT2D eigenvalue weighted by Gasteiger charge is -2.19. The van der Waals surface area contributed by atoms with Crippen LogP contribution in [0.15, 0.2) is 29.2 Å². The van der Waals surface area contributed by atoms with Crippen molar-refractivity contribution in [3.05, 3.63) is 29.8 Å². The van der Waals surface area contributed by atoms with Gasteiger partial charge in [-0.25, -0.2) is 8.42 Å². The molecule has 0 aliphatic carbocycles. The molecule has 1 atom stereocenters. The average molecular weight is 314 g/mol. The fraction of sp³-hybridized carbons (Fsp3) is 0.500. The van der Waals surface area contributed by atoms with Crippen LogP contribution in [-0.2, 0) is 19.6 Å². The molecule has 7 heteroatoms. The third kappa shape index (κ3) is 4.52. The first-order chi connectivity index (χ1) is 9.82. The summed E-state index contributed by atoms with van der Waals surface area (Å²) in [6.45, 7) is 5.29. The number of esters is 1. The summed E-state index contributed by atoms with van der Waals surface area (Å²) in [4.78, 5) is 11.6. The SMILES string of the molecule is CCOC(=O)CN(CC)S(=O)(=O)c1ccc(C(C)N)cc1. The summed E-state index contributed by atoms with van der Waals surface area (Å²) in [5, 5.41) is 0. The number of nitrogens with zero attached hydrogens (tertiary/aromatic N) is 1. The average Bonchev–Trinajstić information content (AvgIpc) is 2.45. The number of benzene rings is 1. The molecule has 6 nitrogen and oxygen atoms in total. The zero-order chi connectivity index (χ0) is 16.0. The van der Waals surface area contributed by atoms with Crippen LogP contribution in [0, 0.1) is 0 Å². The summed E-state index contributed by atoms with van der Waals surface area (Å²) in [6.07, 6.45) is 0. The Morgan fingerprint density at radius 1 is 1.29 bits per heavy atom. The molecule has 0 saturated heterocycles. The van der Waals surface area contributed by atoms with Crippen molar-refractivity contribution in [3.63, 3.8) is 0 Å². The maximum atomic E-state index is 12.5. The molecular weight excluding hydrogens is 292 g/mol. The van der Waals surface area contributed by atoms with E-state index in [0.717, 1.165) is 9.87 Å². The van der Waals surface area contributed by atoms with Crippen molar-refractivity contribution in [2.45, 2.75) is 31.7 Å². The Morgan fingerprint density at radius 3 is 2.29 bits per heavy atom. The molecule has 0 aliphatic rings. The maximum absolute atomic E-state index is 12.5. The monoisotopic (exact) mass is 314 g/mol. The lowest BCUT2D eigenvalue weighted by atomic mass is 10.1. The molecule has 1 rings (SSSR count). The second-order valence-corrected chi connectivity index (χ2v) is 6.53. The highest BCUT2D eigenvalue weighted by molar-refractivity contribution is 7.89. The molecule has 0 radical (unpaired) electrons. The Balaban J connectivity index is 2.98. The van der Waals surface area contributed by atoms with E-state index >= 15 is 0 Å². The van der Waals surface area contributed by atoms with Crippen molar-refractivity contribution in [1.82, 2.24) is 4.31 Å². The molecule has 0 bridgehead atoms. The van der Waals surface area contributed by atoms with E-state index < -0.39 is 16.0 Å². The predicted octanol–water partition coefficient (Wildman–Crippen LogP) is 1.28. The van der Waals surface area contributed by atoms with Gasteiger partial charge in [-0.3, -0.25) is 4.79 Å². The van der Waals surface area contributed by atoms with Crippen LogP contribution < -0.4 is 5.73 Å². The van der Waals surface area contributed by atoms with Gasteiger partial charge in [-0.1, -0.05) is 19.1 Å². The highest BCUT2D eigenvalue weighted by Crippen LogP contribution is 2.18. The summed E-state index contributed by atoms with van der Waals surface area (Å²) >= 11 is 0. The van der Waals surface area contributed by atoms with E-state index in [4.69, 9.17) is 10.5 Å². The maximum Gasteiger partial charge on any atom is 0.321 e. The summed E-state index contributed by atoms with van der Waals surface area (Å²) < 4.78 is 30.8. The van der Waals surface area contributed by atoms with E-state index in [2.05, 4.69) is 0 Å². The van der Waals surface area contributed by atoms with E-state index in [9.17, 15) is 13.2 Å². The number of carbonyl (C=O) groups excluding carboxylic acids is 1. The first-order valence-electron chi connectivity index (χ1n) is 6.84. The van der Waals surface area contributed by atoms with E-state index in [0.29, 0.717) is 0 Å². The highest BCUT2D eigenvalue weighted by atomic mass is 32.2. The normalized spacial score (nSPS) is 13.2. The molecule has 0 aromatic heterocycles. The van der Waals surface area contributed by atoms with Crippen molar-refractivity contribution in [3.8, 4) is 0 Å². The van der Waals surface area contributed by atoms with Gasteiger partial charge in [-0.15, -0.1) is 0 Å². The van der Waals surface area contributed by atoms with E-state index in [-0.39, 0.29) is 30.6 Å². The van der Waals surface area contributed by atoms with Gasteiger partial charge in [0.25, 0.3) is 0 Å². The van der Waals surface area contributed by atoms with Crippen LogP contribution in [0.2, 0.25) is 0 Å². The number of rotatable bonds is 7. The number of hydrogen-bond donors (Lipinski definition) is 1. The standard InChI is InChI=1S/C14H22N2O4S/c1-4-16(10-14(17)20-5-2)21(18,19)13-8-6-12(7-9-13)11(3)15/h6-9,11H,4-5,10,15H2,1-3H3. The van der Waals surface area contributed by atoms with Crippen LogP contribution in [0.25, 0.3) is 0 Å². The minimum atomic E-state index is -3.72. The van der Waals surface area contributed by atoms with Crippen LogP contribution in [0.5, 0.6) is 0 Å². The van der Waals surface area contributed by atoms with Crippen LogP contribution in [0.3, 0.4) is 0 Å². The number of ether oxygens (including phenoxy) is 1. The summed E-state index contributed by atoms with van der Waals surface area (Å²) in [7, 11) is -3.72. The molecule has 1 aromatic rings. The largest absolute Gasteiger partial charge is 0.465 e. The molecule has 21 heavy (non-hydrogen) atoms. The molecule has 0 heterocycles. The fourth-order valence-electron chi connectivity index (χ4n) is 1.81. The summed E-state index contributed by atoms with van der Waals surface area (Å²) in [5.74, 6) is -0.560. The van der Waals surface area contributed by atoms with Crippen molar-refractivity contribution in [2.24, 2.45) is 5.73 Å². The fourth-order valence-corrected chi connectivity index (χ4v) is 3.20. The molecule has 118 valence electrons. The van der Waals surface area contributed by atoms with Crippen LogP contribution >= 0.6 is 0 Å². The van der Waals surface area contributed by atoms with Gasteiger partial charge in [0.1, 0.15) is 6.54 Å². The van der Waals surface area contributed by atoms with Crippen LogP contribution in [-0.4, -0.2) is 38.4 Å². The number of hydrogen-bond acceptors (Lipinski definition) is 5. The Hall–Kier alpha value is -1.44. The molecule has 0 amide bonds. The smallest absolute Gasteiger partial charge is 0.321 e. The quantitative estimate of drug-likeness (QED) is 0.766. The Bertz CT molecular complexity index is 567. The Labute approximate surface area is 125 Å². The van der Waals surface area contributed by atoms with Gasteiger partial charge in [0.15, 0.2) is 0 Å². The van der Waals surface area contributed by atoms with Crippen LogP contribution in [0.1, 0.15) is 32.4 Å². The van der Waals surface area contributed by atoms with Gasteiger partial charge in [0.2, 0.25) is 10.0 Å². The molecular formula is C14H22N2O4S. The van der Waals surface area contributed by atoms with Gasteiger partial charge in [0.05, 0.1) is 11.5 Å². The van der Waals surface area contributed by atoms with E-state index in [1.54, 1.807) is 26.0 Å². The topological polar surface area (TPSA) is 89.7 Å². The molecule has 1 aromatic carbocycles. The second kappa shape index (κ2) is 7.53. The summed E-state index contributed by atoms with van der Waals surface area (Å²) in [6, 6.07) is 6.19. The third-order valence-electron chi connectivity index (χ3n) is 3.01. The van der Waals surface area contributed by atoms with Gasteiger partial charge in [-0.05, 0) is 31.5 Å². The van der Waals surface area contributed by atoms with Gasteiger partial charge in [0, 0.05) is 12.6 Å². The number of sulfonamides is 1. The Kier molecular flexibility index (Phi) is 6.32. The zero-order valence-electron chi connectivity index (χ0n) is 12.6. The number of carbonyl (C=O) groups is 1. The van der Waals surface area contributed by atoms with Crippen molar-refractivity contribution < 1.29 is 17.9 Å². The van der Waals surface area contributed by atoms with E-state index in [1.807, 2.05) is 6.92 Å². The Morgan fingerprint density at radius 2 is 1.86 bits per heavy atom. The van der Waals surface area contributed by atoms with Crippen molar-refractivity contribution >= 4 is 16.0 Å². The molecule has 1 unspecified atom stereocenters. The van der Waals surface area contributed by atoms with Gasteiger partial charge in [-0.2, -0.15) is 4.31 Å². The van der Waals surface area contributed by atoms with Gasteiger partial charge >= 0.3 is 5.97 Å². The molecule has 0 saturated carbocycles. The lowest BCUT2D eigenvalue weighted by Crippen LogP contribution is -2.36. The predicted molar refractivity (Wildman–Crippen MR) is 80.1 cm³/mol. The lowest BCUT2D eigenvalue weighted by molar-refractivity contribution is -0.143. The van der Waals surface area contributed by atoms with Crippen LogP contribution in [0.4, 0.5) is 0 Å². The zero-order valence-corrected chi connectivity index (χ0v) is 13.4. The third-order valence-corrected chi connectivity index (χ3v) is 4.94. The number of likely N-dealkylation sites (N-methyl/N-ethyl adjacent to an activating group) is 1. The molecule has 0 spiro atoms.